The molecule has 66 valence electrons. The van der Waals surface area contributed by atoms with E-state index in [0.29, 0.717) is 5.52 Å². The van der Waals surface area contributed by atoms with Crippen molar-refractivity contribution in [3.63, 3.8) is 0 Å². The number of aromatic nitrogens is 5. The minimum atomic E-state index is 0.700. The first-order valence-corrected chi connectivity index (χ1v) is 4.15. The standard InChI is InChI=1S/C9H5N5/c1-2-6-3-4-7-9(13-14-11-7)8(6)12-10-5-1/h1-5H. The molecule has 0 amide bonds. The lowest BCUT2D eigenvalue weighted by Gasteiger charge is -1.89. The zero-order chi connectivity index (χ0) is 9.38. The lowest BCUT2D eigenvalue weighted by atomic mass is 10.2. The summed E-state index contributed by atoms with van der Waals surface area (Å²) in [7, 11) is 0. The number of hydrogen-bond donors (Lipinski definition) is 0. The minimum absolute atomic E-state index is 0.700. The maximum Gasteiger partial charge on any atom is 0.143 e. The van der Waals surface area contributed by atoms with Crippen LogP contribution in [0.25, 0.3) is 21.9 Å². The van der Waals surface area contributed by atoms with Crippen LogP contribution in [-0.4, -0.2) is 25.6 Å². The zero-order valence-electron chi connectivity index (χ0n) is 7.12. The number of fused-ring (bicyclic) bond motifs is 3. The van der Waals surface area contributed by atoms with E-state index in [4.69, 9.17) is 0 Å². The second-order valence-electron chi connectivity index (χ2n) is 2.88. The van der Waals surface area contributed by atoms with E-state index in [1.165, 1.54) is 0 Å². The van der Waals surface area contributed by atoms with Gasteiger partial charge in [-0.25, -0.2) is 0 Å². The molecule has 5 nitrogen and oxygen atoms in total. The van der Waals surface area contributed by atoms with Gasteiger partial charge in [0.25, 0.3) is 0 Å². The average molecular weight is 183 g/mol. The largest absolute Gasteiger partial charge is 0.158 e. The van der Waals surface area contributed by atoms with Crippen molar-refractivity contribution in [3.05, 3.63) is 30.5 Å². The molecule has 3 aromatic rings. The van der Waals surface area contributed by atoms with Crippen molar-refractivity contribution >= 4 is 21.9 Å². The number of benzene rings is 1. The molecule has 0 aliphatic heterocycles. The monoisotopic (exact) mass is 183 g/mol. The van der Waals surface area contributed by atoms with E-state index in [9.17, 15) is 0 Å². The molecule has 0 atom stereocenters. The molecule has 0 bridgehead atoms. The van der Waals surface area contributed by atoms with Crippen molar-refractivity contribution in [1.82, 2.24) is 25.6 Å². The Hall–Kier alpha value is -2.17. The first kappa shape index (κ1) is 7.25. The van der Waals surface area contributed by atoms with Crippen LogP contribution in [0.2, 0.25) is 0 Å². The molecule has 2 aromatic heterocycles. The van der Waals surface area contributed by atoms with E-state index in [2.05, 4.69) is 25.6 Å². The van der Waals surface area contributed by atoms with Gasteiger partial charge in [0.15, 0.2) is 0 Å². The first-order chi connectivity index (χ1) is 6.95. The van der Waals surface area contributed by atoms with Crippen molar-refractivity contribution in [3.8, 4) is 0 Å². The molecule has 0 aliphatic carbocycles. The summed E-state index contributed by atoms with van der Waals surface area (Å²) in [5.74, 6) is 0. The summed E-state index contributed by atoms with van der Waals surface area (Å²) < 4.78 is 0. The van der Waals surface area contributed by atoms with Crippen LogP contribution in [0.1, 0.15) is 0 Å². The van der Waals surface area contributed by atoms with Crippen LogP contribution >= 0.6 is 0 Å². The Labute approximate surface area is 78.8 Å². The van der Waals surface area contributed by atoms with Crippen LogP contribution in [0, 0.1) is 0 Å². The van der Waals surface area contributed by atoms with Crippen LogP contribution < -0.4 is 0 Å². The van der Waals surface area contributed by atoms with Gasteiger partial charge in [0.2, 0.25) is 0 Å². The molecule has 1 aromatic carbocycles. The van der Waals surface area contributed by atoms with E-state index in [0.717, 1.165) is 16.4 Å². The van der Waals surface area contributed by atoms with E-state index < -0.39 is 0 Å². The van der Waals surface area contributed by atoms with Crippen molar-refractivity contribution < 1.29 is 0 Å². The molecule has 0 saturated heterocycles. The fourth-order valence-corrected chi connectivity index (χ4v) is 1.40. The molecule has 0 radical (unpaired) electrons. The third-order valence-electron chi connectivity index (χ3n) is 2.04. The summed E-state index contributed by atoms with van der Waals surface area (Å²) in [5.41, 5.74) is 2.18. The normalized spacial score (nSPS) is 10.9. The van der Waals surface area contributed by atoms with Gasteiger partial charge in [0.1, 0.15) is 16.6 Å². The van der Waals surface area contributed by atoms with E-state index in [-0.39, 0.29) is 0 Å². The van der Waals surface area contributed by atoms with Gasteiger partial charge in [0.05, 0.1) is 0 Å². The summed E-state index contributed by atoms with van der Waals surface area (Å²) in [5, 5.41) is 20.3. The van der Waals surface area contributed by atoms with E-state index >= 15 is 0 Å². The number of rotatable bonds is 0. The minimum Gasteiger partial charge on any atom is -0.158 e. The number of hydrogen-bond acceptors (Lipinski definition) is 5. The topological polar surface area (TPSA) is 64.5 Å². The van der Waals surface area contributed by atoms with Crippen molar-refractivity contribution in [2.24, 2.45) is 0 Å². The van der Waals surface area contributed by atoms with Gasteiger partial charge >= 0.3 is 0 Å². The van der Waals surface area contributed by atoms with Crippen molar-refractivity contribution in [2.45, 2.75) is 0 Å². The third kappa shape index (κ3) is 0.922. The average Bonchev–Trinajstić information content (AvgIpc) is 2.55. The van der Waals surface area contributed by atoms with E-state index in [1.54, 1.807) is 6.20 Å². The van der Waals surface area contributed by atoms with Crippen LogP contribution in [0.15, 0.2) is 30.5 Å². The molecule has 0 saturated carbocycles. The molecule has 3 rings (SSSR count). The Morgan fingerprint density at radius 3 is 2.86 bits per heavy atom. The Balaban J connectivity index is 2.64. The lowest BCUT2D eigenvalue weighted by molar-refractivity contribution is 0.959. The van der Waals surface area contributed by atoms with Gasteiger partial charge in [-0.05, 0) is 17.3 Å². The van der Waals surface area contributed by atoms with Gasteiger partial charge in [0, 0.05) is 11.6 Å². The van der Waals surface area contributed by atoms with E-state index in [1.807, 2.05) is 24.3 Å². The first-order valence-electron chi connectivity index (χ1n) is 4.15. The number of nitrogens with zero attached hydrogens (tertiary/aromatic N) is 5. The molecule has 5 heteroatoms. The molecular formula is C9H5N5. The summed E-state index contributed by atoms with van der Waals surface area (Å²) >= 11 is 0. The zero-order valence-corrected chi connectivity index (χ0v) is 7.12. The third-order valence-corrected chi connectivity index (χ3v) is 2.04. The molecule has 14 heavy (non-hydrogen) atoms. The highest BCUT2D eigenvalue weighted by atomic mass is 15.3. The molecule has 0 spiro atoms. The molecule has 0 fully saturated rings. The SMILES string of the molecule is c1cnnc2c(c1)ccc1nnnc12. The fourth-order valence-electron chi connectivity index (χ4n) is 1.40. The Kier molecular flexibility index (Phi) is 1.38. The molecule has 0 N–H and O–H groups in total. The molecular weight excluding hydrogens is 178 g/mol. The smallest absolute Gasteiger partial charge is 0.143 e. The van der Waals surface area contributed by atoms with Crippen LogP contribution in [0.3, 0.4) is 0 Å². The van der Waals surface area contributed by atoms with Gasteiger partial charge < -0.3 is 0 Å². The predicted molar refractivity (Wildman–Crippen MR) is 50.4 cm³/mol. The van der Waals surface area contributed by atoms with Crippen LogP contribution in [-0.2, 0) is 0 Å². The van der Waals surface area contributed by atoms with Crippen LogP contribution in [0.4, 0.5) is 0 Å². The Bertz CT molecular complexity index is 607. The summed E-state index contributed by atoms with van der Waals surface area (Å²) in [6.07, 6.45) is 1.63. The summed E-state index contributed by atoms with van der Waals surface area (Å²) in [6.45, 7) is 0. The highest BCUT2D eigenvalue weighted by Crippen LogP contribution is 2.17. The van der Waals surface area contributed by atoms with Gasteiger partial charge in [-0.3, -0.25) is 0 Å². The van der Waals surface area contributed by atoms with Crippen LogP contribution in [0.5, 0.6) is 0 Å². The summed E-state index contributed by atoms with van der Waals surface area (Å²) in [4.78, 5) is 0. The van der Waals surface area contributed by atoms with Crippen molar-refractivity contribution in [1.29, 1.82) is 0 Å². The van der Waals surface area contributed by atoms with Gasteiger partial charge in [-0.1, -0.05) is 12.1 Å². The highest BCUT2D eigenvalue weighted by Gasteiger charge is 2.04. The Morgan fingerprint density at radius 1 is 0.857 bits per heavy atom. The molecule has 0 aliphatic rings. The maximum atomic E-state index is 4.05. The fraction of sp³-hybridized carbons (Fsp3) is 0. The van der Waals surface area contributed by atoms with Gasteiger partial charge in [-0.2, -0.15) is 5.10 Å². The highest BCUT2D eigenvalue weighted by molar-refractivity contribution is 6.00. The molecule has 2 heterocycles. The van der Waals surface area contributed by atoms with Crippen molar-refractivity contribution in [2.75, 3.05) is 0 Å². The molecule has 0 unspecified atom stereocenters. The Morgan fingerprint density at radius 2 is 1.86 bits per heavy atom. The predicted octanol–water partition coefficient (Wildman–Crippen LogP) is 0.968. The second-order valence-corrected chi connectivity index (χ2v) is 2.88. The maximum absolute atomic E-state index is 4.05. The quantitative estimate of drug-likeness (QED) is 0.519. The lowest BCUT2D eigenvalue weighted by Crippen LogP contribution is -1.78. The summed E-state index contributed by atoms with van der Waals surface area (Å²) in [6, 6.07) is 7.58. The second kappa shape index (κ2) is 2.66. The van der Waals surface area contributed by atoms with Gasteiger partial charge in [-0.15, -0.1) is 15.3 Å².